The lowest BCUT2D eigenvalue weighted by Crippen LogP contribution is -2.47. The Morgan fingerprint density at radius 2 is 1.86 bits per heavy atom. The smallest absolute Gasteiger partial charge is 0.248 e. The van der Waals surface area contributed by atoms with Crippen molar-refractivity contribution < 1.29 is 31.4 Å². The Morgan fingerprint density at radius 3 is 2.57 bits per heavy atom. The third kappa shape index (κ3) is 6.41. The van der Waals surface area contributed by atoms with Crippen molar-refractivity contribution in [3.63, 3.8) is 0 Å². The predicted octanol–water partition coefficient (Wildman–Crippen LogP) is 1.77. The number of nitrogens with zero attached hydrogens (tertiary/aromatic N) is 2. The van der Waals surface area contributed by atoms with Crippen LogP contribution in [0.3, 0.4) is 0 Å². The van der Waals surface area contributed by atoms with Crippen LogP contribution in [0, 0.1) is 0 Å². The summed E-state index contributed by atoms with van der Waals surface area (Å²) in [5.74, 6) is 0.360. The van der Waals surface area contributed by atoms with Crippen molar-refractivity contribution in [3.05, 3.63) is 65.0 Å². The average molecular weight is 620 g/mol. The molecule has 2 aromatic carbocycles. The quantitative estimate of drug-likeness (QED) is 0.347. The summed E-state index contributed by atoms with van der Waals surface area (Å²) in [7, 11) is -7.35. The first kappa shape index (κ1) is 30.6. The maximum atomic E-state index is 13.6. The number of ether oxygens (including phenoxy) is 2. The Hall–Kier alpha value is -2.81. The van der Waals surface area contributed by atoms with Crippen LogP contribution in [0.5, 0.6) is 5.75 Å². The second-order valence-corrected chi connectivity index (χ2v) is 15.0. The molecule has 13 heteroatoms. The van der Waals surface area contributed by atoms with Crippen molar-refractivity contribution in [2.24, 2.45) is 0 Å². The van der Waals surface area contributed by atoms with Gasteiger partial charge in [-0.3, -0.25) is 4.79 Å². The number of hydrogen-bond acceptors (Lipinski definition) is 9. The van der Waals surface area contributed by atoms with Crippen molar-refractivity contribution in [1.29, 1.82) is 0 Å². The molecular weight excluding hydrogens is 582 g/mol. The second-order valence-electron chi connectivity index (χ2n) is 11.0. The molecule has 0 saturated carbocycles. The lowest BCUT2D eigenvalue weighted by Gasteiger charge is -2.38. The van der Waals surface area contributed by atoms with E-state index in [1.807, 2.05) is 19.1 Å². The number of piperidine rings is 1. The van der Waals surface area contributed by atoms with Gasteiger partial charge in [0.15, 0.2) is 9.84 Å². The predicted molar refractivity (Wildman–Crippen MR) is 158 cm³/mol. The summed E-state index contributed by atoms with van der Waals surface area (Å²) >= 11 is 0. The van der Waals surface area contributed by atoms with E-state index in [-0.39, 0.29) is 42.1 Å². The molecule has 42 heavy (non-hydrogen) atoms. The zero-order chi connectivity index (χ0) is 30.1. The Bertz CT molecular complexity index is 1710. The summed E-state index contributed by atoms with van der Waals surface area (Å²) in [6, 6.07) is 13.2. The highest BCUT2D eigenvalue weighted by Crippen LogP contribution is 2.37. The Labute approximate surface area is 246 Å². The number of para-hydroxylation sites is 1. The molecule has 2 saturated heterocycles. The molecule has 11 nitrogen and oxygen atoms in total. The van der Waals surface area contributed by atoms with Gasteiger partial charge in [0, 0.05) is 50.1 Å². The number of aliphatic hydroxyl groups is 1. The molecule has 228 valence electrons. The van der Waals surface area contributed by atoms with Crippen LogP contribution < -0.4 is 15.5 Å². The summed E-state index contributed by atoms with van der Waals surface area (Å²) in [5, 5.41) is 14.1. The number of pyridine rings is 1. The van der Waals surface area contributed by atoms with Crippen molar-refractivity contribution in [1.82, 2.24) is 14.2 Å². The van der Waals surface area contributed by atoms with Crippen LogP contribution in [-0.2, 0) is 31.1 Å². The van der Waals surface area contributed by atoms with Gasteiger partial charge < -0.3 is 24.5 Å². The fraction of sp³-hybridized carbons (Fsp3) is 0.483. The molecule has 0 radical (unpaired) electrons. The Kier molecular flexibility index (Phi) is 8.80. The molecule has 2 aliphatic heterocycles. The molecule has 0 aliphatic carbocycles. The number of sulfone groups is 1. The number of sulfonamides is 1. The molecule has 3 heterocycles. The largest absolute Gasteiger partial charge is 0.491 e. The highest BCUT2D eigenvalue weighted by Gasteiger charge is 2.45. The number of hydrogen-bond donors (Lipinski definition) is 2. The zero-order valence-corrected chi connectivity index (χ0v) is 25.4. The first-order valence-corrected chi connectivity index (χ1v) is 17.4. The maximum absolute atomic E-state index is 13.6. The van der Waals surface area contributed by atoms with Gasteiger partial charge in [-0.1, -0.05) is 18.2 Å². The van der Waals surface area contributed by atoms with Gasteiger partial charge in [-0.15, -0.1) is 0 Å². The third-order valence-corrected chi connectivity index (χ3v) is 11.1. The molecule has 1 aromatic heterocycles. The fourth-order valence-electron chi connectivity index (χ4n) is 5.71. The SMILES string of the molecule is CCn1cc(S(=O)(=O)N2CCC3(CC2)CC(NCC(O)COc2cccc(S(C)(=O)=O)c2)CO3)c(=O)c2ccccc21. The minimum atomic E-state index is -3.99. The standard InChI is InChI=1S/C29H37N3O8S2/c1-3-31-18-27(28(34)25-9-4-5-10-26(25)31)42(37,38)32-13-11-29(12-14-32)16-21(19-40-29)30-17-22(33)20-39-23-7-6-8-24(15-23)41(2,35)36/h4-10,15,18,21-22,30,33H,3,11-14,16-17,19-20H2,1-2H3. The van der Waals surface area contributed by atoms with Gasteiger partial charge in [-0.2, -0.15) is 4.31 Å². The molecule has 2 aliphatic rings. The van der Waals surface area contributed by atoms with E-state index >= 15 is 0 Å². The lowest BCUT2D eigenvalue weighted by atomic mass is 9.88. The number of rotatable bonds is 10. The molecule has 5 rings (SSSR count). The van der Waals surface area contributed by atoms with Gasteiger partial charge in [0.25, 0.3) is 0 Å². The van der Waals surface area contributed by atoms with Gasteiger partial charge in [0.2, 0.25) is 15.5 Å². The number of aromatic nitrogens is 1. The Morgan fingerprint density at radius 1 is 1.12 bits per heavy atom. The third-order valence-electron chi connectivity index (χ3n) is 8.07. The van der Waals surface area contributed by atoms with E-state index in [2.05, 4.69) is 5.32 Å². The molecule has 1 spiro atoms. The Balaban J connectivity index is 1.15. The number of nitrogens with one attached hydrogen (secondary N) is 1. The van der Waals surface area contributed by atoms with E-state index in [4.69, 9.17) is 9.47 Å². The van der Waals surface area contributed by atoms with E-state index in [0.717, 1.165) is 6.26 Å². The average Bonchev–Trinajstić information content (AvgIpc) is 3.37. The molecule has 2 N–H and O–H groups in total. The van der Waals surface area contributed by atoms with Gasteiger partial charge in [-0.05, 0) is 56.5 Å². The monoisotopic (exact) mass is 619 g/mol. The van der Waals surface area contributed by atoms with Gasteiger partial charge in [0.05, 0.1) is 22.6 Å². The van der Waals surface area contributed by atoms with Crippen LogP contribution >= 0.6 is 0 Å². The molecule has 0 amide bonds. The highest BCUT2D eigenvalue weighted by molar-refractivity contribution is 7.90. The van der Waals surface area contributed by atoms with Crippen LogP contribution in [0.2, 0.25) is 0 Å². The van der Waals surface area contributed by atoms with E-state index < -0.39 is 37.0 Å². The van der Waals surface area contributed by atoms with Gasteiger partial charge in [-0.25, -0.2) is 16.8 Å². The topological polar surface area (TPSA) is 144 Å². The first-order valence-electron chi connectivity index (χ1n) is 14.0. The zero-order valence-electron chi connectivity index (χ0n) is 23.7. The summed E-state index contributed by atoms with van der Waals surface area (Å²) in [6.07, 6.45) is 3.42. The summed E-state index contributed by atoms with van der Waals surface area (Å²) < 4.78 is 65.6. The van der Waals surface area contributed by atoms with Crippen molar-refractivity contribution >= 4 is 30.8 Å². The highest BCUT2D eigenvalue weighted by atomic mass is 32.2. The van der Waals surface area contributed by atoms with Gasteiger partial charge in [0.1, 0.15) is 23.4 Å². The molecular formula is C29H37N3O8S2. The molecule has 2 fully saturated rings. The van der Waals surface area contributed by atoms with E-state index in [1.54, 1.807) is 28.8 Å². The van der Waals surface area contributed by atoms with Crippen molar-refractivity contribution in [2.75, 3.05) is 39.1 Å². The molecule has 2 unspecified atom stereocenters. The van der Waals surface area contributed by atoms with Crippen LogP contribution in [-0.4, -0.2) is 87.7 Å². The van der Waals surface area contributed by atoms with Crippen LogP contribution in [0.4, 0.5) is 0 Å². The number of aryl methyl sites for hydroxylation is 1. The van der Waals surface area contributed by atoms with Gasteiger partial charge >= 0.3 is 0 Å². The minimum absolute atomic E-state index is 0.0136. The molecule has 3 aromatic rings. The van der Waals surface area contributed by atoms with Crippen molar-refractivity contribution in [3.8, 4) is 5.75 Å². The van der Waals surface area contributed by atoms with Crippen LogP contribution in [0.1, 0.15) is 26.2 Å². The minimum Gasteiger partial charge on any atom is -0.491 e. The summed E-state index contributed by atoms with van der Waals surface area (Å²) in [4.78, 5) is 13.1. The van der Waals surface area contributed by atoms with Crippen molar-refractivity contribution in [2.45, 2.75) is 60.3 Å². The molecule has 0 bridgehead atoms. The number of benzene rings is 2. The number of fused-ring (bicyclic) bond motifs is 1. The fourth-order valence-corrected chi connectivity index (χ4v) is 7.91. The second kappa shape index (κ2) is 12.1. The molecule has 2 atom stereocenters. The summed E-state index contributed by atoms with van der Waals surface area (Å²) in [5.41, 5.74) is -0.246. The number of aliphatic hydroxyl groups excluding tert-OH is 1. The van der Waals surface area contributed by atoms with E-state index in [9.17, 15) is 26.7 Å². The first-order chi connectivity index (χ1) is 19.9. The van der Waals surface area contributed by atoms with Crippen LogP contribution in [0.15, 0.2) is 69.3 Å². The van der Waals surface area contributed by atoms with E-state index in [0.29, 0.717) is 49.1 Å². The lowest BCUT2D eigenvalue weighted by molar-refractivity contribution is -0.0312. The van der Waals surface area contributed by atoms with E-state index in [1.165, 1.54) is 22.6 Å². The summed E-state index contributed by atoms with van der Waals surface area (Å²) in [6.45, 7) is 3.61. The van der Waals surface area contributed by atoms with Crippen LogP contribution in [0.25, 0.3) is 10.9 Å². The maximum Gasteiger partial charge on any atom is 0.248 e. The normalized spacial score (nSPS) is 20.2.